The summed E-state index contributed by atoms with van der Waals surface area (Å²) in [6.07, 6.45) is 1.88. The number of benzene rings is 1. The lowest BCUT2D eigenvalue weighted by Gasteiger charge is -2.17. The van der Waals surface area contributed by atoms with Crippen molar-refractivity contribution in [2.45, 2.75) is 12.5 Å². The van der Waals surface area contributed by atoms with Crippen LogP contribution in [-0.2, 0) is 16.0 Å². The number of pyridine rings is 1. The van der Waals surface area contributed by atoms with E-state index in [-0.39, 0.29) is 18.4 Å². The first kappa shape index (κ1) is 15.2. The van der Waals surface area contributed by atoms with E-state index in [1.807, 2.05) is 42.5 Å². The molecule has 118 valence electrons. The van der Waals surface area contributed by atoms with Gasteiger partial charge in [0.2, 0.25) is 5.91 Å². The highest BCUT2D eigenvalue weighted by atomic mass is 16.5. The number of carbonyl (C=O) groups is 1. The van der Waals surface area contributed by atoms with Gasteiger partial charge in [-0.1, -0.05) is 18.2 Å². The number of carbonyl (C=O) groups excluding carboxylic acids is 1. The number of ether oxygens (including phenoxy) is 1. The van der Waals surface area contributed by atoms with Crippen LogP contribution < -0.4 is 5.32 Å². The molecule has 1 amide bonds. The molecule has 23 heavy (non-hydrogen) atoms. The standard InChI is InChI=1S/C17H18N4O2/c1-23-11-15(12-6-4-5-9-18-12)21-17(22)10-16-19-13-7-2-3-8-14(13)20-16/h2-9,15H,10-11H2,1H3,(H,19,20)(H,21,22)/t15-/m1/s1. The molecule has 6 nitrogen and oxygen atoms in total. The van der Waals surface area contributed by atoms with Crippen LogP contribution in [0.15, 0.2) is 48.7 Å². The molecule has 0 aliphatic carbocycles. The Morgan fingerprint density at radius 3 is 2.83 bits per heavy atom. The Labute approximate surface area is 133 Å². The molecule has 0 bridgehead atoms. The minimum absolute atomic E-state index is 0.128. The third-order valence-electron chi connectivity index (χ3n) is 3.48. The lowest BCUT2D eigenvalue weighted by Crippen LogP contribution is -2.33. The summed E-state index contributed by atoms with van der Waals surface area (Å²) in [7, 11) is 1.60. The number of fused-ring (bicyclic) bond motifs is 1. The number of rotatable bonds is 6. The lowest BCUT2D eigenvalue weighted by atomic mass is 10.2. The fourth-order valence-electron chi connectivity index (χ4n) is 2.44. The average Bonchev–Trinajstić information content (AvgIpc) is 2.97. The SMILES string of the molecule is COC[C@@H](NC(=O)Cc1nc2ccccc2[nH]1)c1ccccn1. The average molecular weight is 310 g/mol. The summed E-state index contributed by atoms with van der Waals surface area (Å²) in [6.45, 7) is 0.364. The number of hydrogen-bond acceptors (Lipinski definition) is 4. The van der Waals surface area contributed by atoms with Gasteiger partial charge in [0.15, 0.2) is 0 Å². The van der Waals surface area contributed by atoms with Crippen molar-refractivity contribution in [2.24, 2.45) is 0 Å². The number of nitrogens with one attached hydrogen (secondary N) is 2. The zero-order chi connectivity index (χ0) is 16.1. The number of imidazole rings is 1. The molecule has 1 atom stereocenters. The second-order valence-electron chi connectivity index (χ2n) is 5.21. The highest BCUT2D eigenvalue weighted by molar-refractivity contribution is 5.80. The fourth-order valence-corrected chi connectivity index (χ4v) is 2.44. The molecule has 1 aromatic carbocycles. The Kier molecular flexibility index (Phi) is 4.63. The van der Waals surface area contributed by atoms with Gasteiger partial charge in [0, 0.05) is 13.3 Å². The first-order chi connectivity index (χ1) is 11.3. The molecular weight excluding hydrogens is 292 g/mol. The molecule has 0 saturated heterocycles. The molecule has 0 unspecified atom stereocenters. The maximum absolute atomic E-state index is 12.3. The Bertz CT molecular complexity index is 752. The lowest BCUT2D eigenvalue weighted by molar-refractivity contribution is -0.121. The molecule has 0 aliphatic heterocycles. The Morgan fingerprint density at radius 1 is 1.26 bits per heavy atom. The molecule has 3 rings (SSSR count). The molecule has 2 heterocycles. The minimum atomic E-state index is -0.280. The number of nitrogens with zero attached hydrogens (tertiary/aromatic N) is 2. The van der Waals surface area contributed by atoms with Gasteiger partial charge in [-0.25, -0.2) is 4.98 Å². The van der Waals surface area contributed by atoms with Crippen LogP contribution in [0.2, 0.25) is 0 Å². The molecule has 0 aliphatic rings. The monoisotopic (exact) mass is 310 g/mol. The molecule has 2 aromatic heterocycles. The van der Waals surface area contributed by atoms with Gasteiger partial charge >= 0.3 is 0 Å². The molecule has 0 fully saturated rings. The van der Waals surface area contributed by atoms with Crippen molar-refractivity contribution in [2.75, 3.05) is 13.7 Å². The number of H-pyrrole nitrogens is 1. The van der Waals surface area contributed by atoms with E-state index in [0.717, 1.165) is 16.7 Å². The second-order valence-corrected chi connectivity index (χ2v) is 5.21. The summed E-state index contributed by atoms with van der Waals surface area (Å²) in [6, 6.07) is 13.0. The van der Waals surface area contributed by atoms with Gasteiger partial charge in [-0.05, 0) is 24.3 Å². The van der Waals surface area contributed by atoms with Gasteiger partial charge in [0.1, 0.15) is 5.82 Å². The van der Waals surface area contributed by atoms with Crippen LogP contribution in [0.3, 0.4) is 0 Å². The highest BCUT2D eigenvalue weighted by Gasteiger charge is 2.16. The zero-order valence-corrected chi connectivity index (χ0v) is 12.8. The van der Waals surface area contributed by atoms with E-state index in [9.17, 15) is 4.79 Å². The molecule has 0 saturated carbocycles. The predicted molar refractivity (Wildman–Crippen MR) is 86.8 cm³/mol. The van der Waals surface area contributed by atoms with Crippen molar-refractivity contribution < 1.29 is 9.53 Å². The van der Waals surface area contributed by atoms with E-state index in [1.165, 1.54) is 0 Å². The van der Waals surface area contributed by atoms with E-state index < -0.39 is 0 Å². The van der Waals surface area contributed by atoms with E-state index >= 15 is 0 Å². The summed E-state index contributed by atoms with van der Waals surface area (Å²) in [5, 5.41) is 2.94. The molecule has 6 heteroatoms. The van der Waals surface area contributed by atoms with Crippen LogP contribution in [0.5, 0.6) is 0 Å². The smallest absolute Gasteiger partial charge is 0.228 e. The maximum Gasteiger partial charge on any atom is 0.228 e. The van der Waals surface area contributed by atoms with Crippen LogP contribution in [0.1, 0.15) is 17.6 Å². The topological polar surface area (TPSA) is 79.9 Å². The number of aromatic nitrogens is 3. The number of hydrogen-bond donors (Lipinski definition) is 2. The van der Waals surface area contributed by atoms with Crippen molar-refractivity contribution in [3.8, 4) is 0 Å². The van der Waals surface area contributed by atoms with Gasteiger partial charge in [0.05, 0.1) is 35.8 Å². The summed E-state index contributed by atoms with van der Waals surface area (Å²) in [5.74, 6) is 0.512. The number of methoxy groups -OCH3 is 1. The van der Waals surface area contributed by atoms with Crippen LogP contribution in [-0.4, -0.2) is 34.6 Å². The molecule has 2 N–H and O–H groups in total. The summed E-state index contributed by atoms with van der Waals surface area (Å²) >= 11 is 0. The van der Waals surface area contributed by atoms with Crippen molar-refractivity contribution in [1.82, 2.24) is 20.3 Å². The maximum atomic E-state index is 12.3. The zero-order valence-electron chi connectivity index (χ0n) is 12.8. The Balaban J connectivity index is 1.69. The van der Waals surface area contributed by atoms with Crippen molar-refractivity contribution >= 4 is 16.9 Å². The summed E-state index contributed by atoms with van der Waals surface area (Å²) < 4.78 is 5.18. The molecular formula is C17H18N4O2. The third kappa shape index (κ3) is 3.73. The van der Waals surface area contributed by atoms with E-state index in [1.54, 1.807) is 13.3 Å². The van der Waals surface area contributed by atoms with Gasteiger partial charge in [-0.2, -0.15) is 0 Å². The van der Waals surface area contributed by atoms with Gasteiger partial charge in [-0.3, -0.25) is 9.78 Å². The first-order valence-corrected chi connectivity index (χ1v) is 7.39. The summed E-state index contributed by atoms with van der Waals surface area (Å²) in [5.41, 5.74) is 2.55. The Morgan fingerprint density at radius 2 is 2.09 bits per heavy atom. The van der Waals surface area contributed by atoms with E-state index in [2.05, 4.69) is 20.3 Å². The number of para-hydroxylation sites is 2. The predicted octanol–water partition coefficient (Wildman–Crippen LogP) is 2.00. The number of aromatic amines is 1. The van der Waals surface area contributed by atoms with Crippen LogP contribution in [0.25, 0.3) is 11.0 Å². The highest BCUT2D eigenvalue weighted by Crippen LogP contribution is 2.12. The quantitative estimate of drug-likeness (QED) is 0.730. The first-order valence-electron chi connectivity index (χ1n) is 7.39. The normalized spacial score (nSPS) is 12.2. The van der Waals surface area contributed by atoms with Crippen molar-refractivity contribution in [3.05, 3.63) is 60.2 Å². The van der Waals surface area contributed by atoms with Crippen molar-refractivity contribution in [3.63, 3.8) is 0 Å². The summed E-state index contributed by atoms with van der Waals surface area (Å²) in [4.78, 5) is 24.1. The molecule has 0 radical (unpaired) electrons. The van der Waals surface area contributed by atoms with Crippen molar-refractivity contribution in [1.29, 1.82) is 0 Å². The molecule has 3 aromatic rings. The molecule has 0 spiro atoms. The third-order valence-corrected chi connectivity index (χ3v) is 3.48. The van der Waals surface area contributed by atoms with Gasteiger partial charge < -0.3 is 15.0 Å². The van der Waals surface area contributed by atoms with Crippen LogP contribution in [0.4, 0.5) is 0 Å². The number of amides is 1. The van der Waals surface area contributed by atoms with Crippen LogP contribution in [0, 0.1) is 0 Å². The Hall–Kier alpha value is -2.73. The minimum Gasteiger partial charge on any atom is -0.382 e. The second kappa shape index (κ2) is 7.02. The van der Waals surface area contributed by atoms with E-state index in [4.69, 9.17) is 4.74 Å². The largest absolute Gasteiger partial charge is 0.382 e. The van der Waals surface area contributed by atoms with Crippen LogP contribution >= 0.6 is 0 Å². The fraction of sp³-hybridized carbons (Fsp3) is 0.235. The van der Waals surface area contributed by atoms with Gasteiger partial charge in [0.25, 0.3) is 0 Å². The van der Waals surface area contributed by atoms with Gasteiger partial charge in [-0.15, -0.1) is 0 Å². The van der Waals surface area contributed by atoms with E-state index in [0.29, 0.717) is 12.4 Å².